The molecule has 0 amide bonds. The van der Waals surface area contributed by atoms with Crippen LogP contribution >= 0.6 is 0 Å². The molecule has 0 spiro atoms. The first-order chi connectivity index (χ1) is 15.2. The first-order valence-corrected chi connectivity index (χ1v) is 10.3. The van der Waals surface area contributed by atoms with Crippen LogP contribution in [-0.2, 0) is 6.54 Å². The zero-order valence-electron chi connectivity index (χ0n) is 16.8. The maximum absolute atomic E-state index is 12.0. The van der Waals surface area contributed by atoms with Crippen LogP contribution in [0.1, 0.15) is 22.6 Å². The Morgan fingerprint density at radius 2 is 1.74 bits per heavy atom. The van der Waals surface area contributed by atoms with Gasteiger partial charge in [-0.25, -0.2) is 4.79 Å². The van der Waals surface area contributed by atoms with E-state index in [1.54, 1.807) is 12.1 Å². The smallest absolute Gasteiger partial charge is 0.336 e. The summed E-state index contributed by atoms with van der Waals surface area (Å²) < 4.78 is 5.24. The van der Waals surface area contributed by atoms with Gasteiger partial charge < -0.3 is 19.8 Å². The van der Waals surface area contributed by atoms with Gasteiger partial charge in [0, 0.05) is 53.6 Å². The van der Waals surface area contributed by atoms with Gasteiger partial charge in [-0.2, -0.15) is 0 Å². The predicted molar refractivity (Wildman–Crippen MR) is 122 cm³/mol. The third-order valence-corrected chi connectivity index (χ3v) is 5.68. The Bertz CT molecular complexity index is 1400. The first kappa shape index (κ1) is 19.2. The predicted octanol–water partition coefficient (Wildman–Crippen LogP) is 4.90. The third kappa shape index (κ3) is 3.83. The van der Waals surface area contributed by atoms with Crippen molar-refractivity contribution in [3.63, 3.8) is 0 Å². The largest absolute Gasteiger partial charge is 0.508 e. The lowest BCUT2D eigenvalue weighted by Crippen LogP contribution is -2.22. The molecule has 154 valence electrons. The van der Waals surface area contributed by atoms with E-state index in [1.165, 1.54) is 28.6 Å². The van der Waals surface area contributed by atoms with Crippen molar-refractivity contribution < 1.29 is 9.52 Å². The average Bonchev–Trinajstić information content (AvgIpc) is 3.21. The van der Waals surface area contributed by atoms with Gasteiger partial charge in [-0.15, -0.1) is 0 Å². The van der Waals surface area contributed by atoms with Crippen molar-refractivity contribution in [2.24, 2.45) is 0 Å². The summed E-state index contributed by atoms with van der Waals surface area (Å²) in [7, 11) is 0. The van der Waals surface area contributed by atoms with Crippen LogP contribution in [0.2, 0.25) is 0 Å². The third-order valence-electron chi connectivity index (χ3n) is 5.68. The maximum Gasteiger partial charge on any atom is 0.336 e. The zero-order chi connectivity index (χ0) is 21.2. The van der Waals surface area contributed by atoms with Crippen molar-refractivity contribution in [1.29, 1.82) is 0 Å². The lowest BCUT2D eigenvalue weighted by Gasteiger charge is -2.18. The molecule has 0 aliphatic carbocycles. The van der Waals surface area contributed by atoms with Crippen molar-refractivity contribution in [2.75, 3.05) is 6.54 Å². The van der Waals surface area contributed by atoms with Crippen LogP contribution in [-0.4, -0.2) is 16.6 Å². The summed E-state index contributed by atoms with van der Waals surface area (Å²) in [5.41, 5.74) is 4.38. The number of benzene rings is 3. The van der Waals surface area contributed by atoms with Gasteiger partial charge in [0.15, 0.2) is 0 Å². The fraction of sp³-hybridized carbons (Fsp3) is 0.115. The molecule has 0 saturated heterocycles. The summed E-state index contributed by atoms with van der Waals surface area (Å²) in [4.78, 5) is 15.4. The highest BCUT2D eigenvalue weighted by Crippen LogP contribution is 2.30. The summed E-state index contributed by atoms with van der Waals surface area (Å²) in [6.07, 6.45) is 2.08. The van der Waals surface area contributed by atoms with Crippen molar-refractivity contribution in [2.45, 2.75) is 12.5 Å². The van der Waals surface area contributed by atoms with Gasteiger partial charge >= 0.3 is 5.63 Å². The van der Waals surface area contributed by atoms with E-state index >= 15 is 0 Å². The molecule has 0 aliphatic heterocycles. The SMILES string of the molecule is O=c1cc(CNC[C@H](c2ccccc2)c2c[nH]c3ccccc23)c2ccc(O)cc2o1. The molecule has 0 unspecified atom stereocenters. The summed E-state index contributed by atoms with van der Waals surface area (Å²) in [6.45, 7) is 1.21. The molecule has 2 heterocycles. The van der Waals surface area contributed by atoms with Gasteiger partial charge in [0.05, 0.1) is 0 Å². The Labute approximate surface area is 179 Å². The second-order valence-electron chi connectivity index (χ2n) is 7.65. The van der Waals surface area contributed by atoms with Crippen molar-refractivity contribution in [1.82, 2.24) is 10.3 Å². The van der Waals surface area contributed by atoms with Gasteiger partial charge in [0.2, 0.25) is 0 Å². The molecule has 3 N–H and O–H groups in total. The summed E-state index contributed by atoms with van der Waals surface area (Å²) in [5.74, 6) is 0.219. The van der Waals surface area contributed by atoms with E-state index < -0.39 is 5.63 Å². The van der Waals surface area contributed by atoms with E-state index in [-0.39, 0.29) is 11.7 Å². The average molecular weight is 410 g/mol. The zero-order valence-corrected chi connectivity index (χ0v) is 16.8. The van der Waals surface area contributed by atoms with Crippen LogP contribution in [0.4, 0.5) is 0 Å². The molecular formula is C26H22N2O3. The number of aromatic nitrogens is 1. The standard InChI is InChI=1S/C26H22N2O3/c29-19-10-11-20-18(12-26(30)31-25(20)13-19)14-27-15-22(17-6-2-1-3-7-17)23-16-28-24-9-5-4-8-21(23)24/h1-13,16,22,27-29H,14-15H2/t22-/m1/s1. The summed E-state index contributed by atoms with van der Waals surface area (Å²) in [5, 5.41) is 15.2. The number of rotatable bonds is 6. The van der Waals surface area contributed by atoms with Gasteiger partial charge in [-0.1, -0.05) is 48.5 Å². The van der Waals surface area contributed by atoms with E-state index in [0.29, 0.717) is 18.7 Å². The number of hydrogen-bond acceptors (Lipinski definition) is 4. The van der Waals surface area contributed by atoms with E-state index in [1.807, 2.05) is 12.1 Å². The number of H-pyrrole nitrogens is 1. The molecule has 0 saturated carbocycles. The normalized spacial score (nSPS) is 12.4. The summed E-state index contributed by atoms with van der Waals surface area (Å²) >= 11 is 0. The van der Waals surface area contributed by atoms with Gasteiger partial charge in [0.1, 0.15) is 11.3 Å². The first-order valence-electron chi connectivity index (χ1n) is 10.3. The number of aromatic amines is 1. The molecule has 3 aromatic carbocycles. The second kappa shape index (κ2) is 8.13. The van der Waals surface area contributed by atoms with Crippen LogP contribution in [0.5, 0.6) is 5.75 Å². The minimum atomic E-state index is -0.425. The van der Waals surface area contributed by atoms with E-state index in [4.69, 9.17) is 4.42 Å². The highest BCUT2D eigenvalue weighted by Gasteiger charge is 2.18. The number of phenols is 1. The fourth-order valence-corrected chi connectivity index (χ4v) is 4.19. The molecule has 0 bridgehead atoms. The topological polar surface area (TPSA) is 78.3 Å². The van der Waals surface area contributed by atoms with Crippen molar-refractivity contribution >= 4 is 21.9 Å². The molecule has 1 atom stereocenters. The number of nitrogens with one attached hydrogen (secondary N) is 2. The van der Waals surface area contributed by atoms with E-state index in [9.17, 15) is 9.90 Å². The number of phenolic OH excluding ortho intramolecular Hbond substituents is 1. The van der Waals surface area contributed by atoms with Crippen molar-refractivity contribution in [3.05, 3.63) is 112 Å². The van der Waals surface area contributed by atoms with Crippen LogP contribution in [0.15, 0.2) is 94.3 Å². The Kier molecular flexibility index (Phi) is 5.02. The van der Waals surface area contributed by atoms with Crippen LogP contribution < -0.4 is 10.9 Å². The van der Waals surface area contributed by atoms with Gasteiger partial charge in [-0.05, 0) is 34.9 Å². The monoisotopic (exact) mass is 410 g/mol. The molecule has 2 aromatic heterocycles. The molecule has 0 aliphatic rings. The highest BCUT2D eigenvalue weighted by molar-refractivity contribution is 5.84. The summed E-state index contributed by atoms with van der Waals surface area (Å²) in [6, 6.07) is 25.1. The molecule has 0 fully saturated rings. The molecule has 31 heavy (non-hydrogen) atoms. The molecule has 5 heteroatoms. The molecule has 0 radical (unpaired) electrons. The molecule has 5 nitrogen and oxygen atoms in total. The highest BCUT2D eigenvalue weighted by atomic mass is 16.4. The molecular weight excluding hydrogens is 388 g/mol. The fourth-order valence-electron chi connectivity index (χ4n) is 4.19. The van der Waals surface area contributed by atoms with Crippen molar-refractivity contribution in [3.8, 4) is 5.75 Å². The van der Waals surface area contributed by atoms with Gasteiger partial charge in [0.25, 0.3) is 0 Å². The van der Waals surface area contributed by atoms with E-state index in [0.717, 1.165) is 16.5 Å². The van der Waals surface area contributed by atoms with Crippen LogP contribution in [0, 0.1) is 0 Å². The Balaban J connectivity index is 1.45. The lowest BCUT2D eigenvalue weighted by atomic mass is 9.91. The molecule has 5 rings (SSSR count). The number of hydrogen-bond donors (Lipinski definition) is 3. The van der Waals surface area contributed by atoms with Crippen LogP contribution in [0.25, 0.3) is 21.9 Å². The lowest BCUT2D eigenvalue weighted by molar-refractivity contribution is 0.473. The Morgan fingerprint density at radius 1 is 0.935 bits per heavy atom. The quantitative estimate of drug-likeness (QED) is 0.348. The number of para-hydroxylation sites is 1. The van der Waals surface area contributed by atoms with E-state index in [2.05, 4.69) is 59.0 Å². The second-order valence-corrected chi connectivity index (χ2v) is 7.65. The Hall–Kier alpha value is -3.83. The van der Waals surface area contributed by atoms with Crippen LogP contribution in [0.3, 0.4) is 0 Å². The Morgan fingerprint density at radius 3 is 2.61 bits per heavy atom. The van der Waals surface area contributed by atoms with Gasteiger partial charge in [-0.3, -0.25) is 0 Å². The number of aromatic hydroxyl groups is 1. The maximum atomic E-state index is 12.0. The minimum Gasteiger partial charge on any atom is -0.508 e. The molecule has 5 aromatic rings. The minimum absolute atomic E-state index is 0.0734. The number of fused-ring (bicyclic) bond motifs is 2.